The molecule has 0 amide bonds. The number of imidazole rings is 1. The van der Waals surface area contributed by atoms with Gasteiger partial charge in [-0.15, -0.1) is 0 Å². The van der Waals surface area contributed by atoms with Crippen LogP contribution in [0.2, 0.25) is 0 Å². The molecule has 0 saturated heterocycles. The van der Waals surface area contributed by atoms with E-state index in [2.05, 4.69) is 78.0 Å². The molecule has 7 heteroatoms. The maximum Gasteiger partial charge on any atom is 0.251 e. The van der Waals surface area contributed by atoms with Crippen LogP contribution in [-0.2, 0) is 12.5 Å². The van der Waals surface area contributed by atoms with Gasteiger partial charge in [0.25, 0.3) is 5.56 Å². The highest BCUT2D eigenvalue weighted by molar-refractivity contribution is 9.10. The van der Waals surface area contributed by atoms with Gasteiger partial charge in [-0.3, -0.25) is 4.79 Å². The minimum Gasteiger partial charge on any atom is -0.347 e. The molecule has 0 aliphatic heterocycles. The molecule has 0 aliphatic carbocycles. The first-order chi connectivity index (χ1) is 15.9. The van der Waals surface area contributed by atoms with Crippen molar-refractivity contribution in [1.29, 1.82) is 0 Å². The predicted octanol–water partition coefficient (Wildman–Crippen LogP) is 6.20. The topological polar surface area (TPSA) is 63.6 Å². The average Bonchev–Trinajstić information content (AvgIpc) is 3.36. The summed E-state index contributed by atoms with van der Waals surface area (Å²) in [5.41, 5.74) is 5.33. The molecule has 2 aromatic carbocycles. The zero-order valence-corrected chi connectivity index (χ0v) is 21.2. The number of aromatic amines is 1. The molecule has 5 rings (SSSR count). The molecule has 3 aromatic heterocycles. The van der Waals surface area contributed by atoms with E-state index in [1.165, 1.54) is 0 Å². The van der Waals surface area contributed by atoms with E-state index in [1.807, 2.05) is 36.5 Å². The van der Waals surface area contributed by atoms with Crippen LogP contribution in [0.5, 0.6) is 0 Å². The number of aryl methyl sites for hydroxylation is 1. The molecule has 1 atom stereocenters. The molecule has 164 valence electrons. The van der Waals surface area contributed by atoms with Crippen molar-refractivity contribution in [2.45, 2.75) is 12.3 Å². The minimum atomic E-state index is -0.487. The van der Waals surface area contributed by atoms with Crippen molar-refractivity contribution in [1.82, 2.24) is 19.5 Å². The van der Waals surface area contributed by atoms with Crippen LogP contribution in [0.25, 0.3) is 22.0 Å². The van der Waals surface area contributed by atoms with Crippen LogP contribution >= 0.6 is 31.9 Å². The summed E-state index contributed by atoms with van der Waals surface area (Å²) < 4.78 is 3.42. The van der Waals surface area contributed by atoms with Crippen LogP contribution in [0.15, 0.2) is 93.3 Å². The smallest absolute Gasteiger partial charge is 0.251 e. The second-order valence-electron chi connectivity index (χ2n) is 8.16. The van der Waals surface area contributed by atoms with Crippen molar-refractivity contribution in [3.05, 3.63) is 116 Å². The Labute approximate surface area is 207 Å². The van der Waals surface area contributed by atoms with Gasteiger partial charge < -0.3 is 9.55 Å². The number of pyridine rings is 2. The van der Waals surface area contributed by atoms with Gasteiger partial charge in [-0.1, -0.05) is 34.1 Å². The summed E-state index contributed by atoms with van der Waals surface area (Å²) in [4.78, 5) is 24.6. The molecule has 0 radical (unpaired) electrons. The van der Waals surface area contributed by atoms with Gasteiger partial charge in [0.15, 0.2) is 0 Å². The molecule has 0 fully saturated rings. The SMILES string of the molecule is Cn1c(=O)cc(-c2ccnc(Br)c2)c2cc(C(C)(c3cccc(Br)c3)c3cnc[nH]3)ccc21. The summed E-state index contributed by atoms with van der Waals surface area (Å²) in [6.07, 6.45) is 5.31. The van der Waals surface area contributed by atoms with Crippen molar-refractivity contribution in [3.8, 4) is 11.1 Å². The molecule has 1 unspecified atom stereocenters. The second-order valence-corrected chi connectivity index (χ2v) is 9.88. The largest absolute Gasteiger partial charge is 0.347 e. The predicted molar refractivity (Wildman–Crippen MR) is 138 cm³/mol. The number of halogens is 2. The zero-order valence-electron chi connectivity index (χ0n) is 18.0. The lowest BCUT2D eigenvalue weighted by Crippen LogP contribution is -2.26. The summed E-state index contributed by atoms with van der Waals surface area (Å²) in [6, 6.07) is 20.2. The fourth-order valence-electron chi connectivity index (χ4n) is 4.39. The Kier molecular flexibility index (Phi) is 5.54. The maximum absolute atomic E-state index is 12.8. The van der Waals surface area contributed by atoms with Gasteiger partial charge in [-0.05, 0) is 81.5 Å². The van der Waals surface area contributed by atoms with Gasteiger partial charge in [-0.25, -0.2) is 9.97 Å². The molecule has 3 heterocycles. The number of nitrogens with one attached hydrogen (secondary N) is 1. The van der Waals surface area contributed by atoms with Crippen molar-refractivity contribution in [2.75, 3.05) is 0 Å². The number of rotatable bonds is 4. The molecule has 33 heavy (non-hydrogen) atoms. The van der Waals surface area contributed by atoms with Gasteiger partial charge in [0.2, 0.25) is 0 Å². The fourth-order valence-corrected chi connectivity index (χ4v) is 5.15. The monoisotopic (exact) mass is 562 g/mol. The lowest BCUT2D eigenvalue weighted by atomic mass is 9.73. The van der Waals surface area contributed by atoms with E-state index < -0.39 is 5.41 Å². The van der Waals surface area contributed by atoms with Gasteiger partial charge in [-0.2, -0.15) is 0 Å². The Bertz CT molecular complexity index is 1540. The second kappa shape index (κ2) is 8.39. The van der Waals surface area contributed by atoms with E-state index in [0.29, 0.717) is 0 Å². The molecule has 0 aliphatic rings. The van der Waals surface area contributed by atoms with Crippen LogP contribution in [0.1, 0.15) is 23.7 Å². The lowest BCUT2D eigenvalue weighted by molar-refractivity contribution is 0.670. The van der Waals surface area contributed by atoms with E-state index in [-0.39, 0.29) is 5.56 Å². The molecule has 0 bridgehead atoms. The zero-order chi connectivity index (χ0) is 23.2. The summed E-state index contributed by atoms with van der Waals surface area (Å²) in [5, 5.41) is 0.994. The Morgan fingerprint density at radius 1 is 1.00 bits per heavy atom. The van der Waals surface area contributed by atoms with Gasteiger partial charge in [0.1, 0.15) is 4.60 Å². The van der Waals surface area contributed by atoms with Crippen molar-refractivity contribution in [3.63, 3.8) is 0 Å². The molecule has 5 nitrogen and oxygen atoms in total. The Hall–Kier alpha value is -3.03. The first-order valence-corrected chi connectivity index (χ1v) is 12.0. The fraction of sp³-hybridized carbons (Fsp3) is 0.115. The van der Waals surface area contributed by atoms with E-state index in [9.17, 15) is 4.79 Å². The van der Waals surface area contributed by atoms with Crippen LogP contribution in [0, 0.1) is 0 Å². The van der Waals surface area contributed by atoms with E-state index >= 15 is 0 Å². The van der Waals surface area contributed by atoms with Gasteiger partial charge in [0, 0.05) is 41.1 Å². The highest BCUT2D eigenvalue weighted by Crippen LogP contribution is 2.40. The first kappa shape index (κ1) is 21.8. The molecule has 0 saturated carbocycles. The number of H-pyrrole nitrogens is 1. The number of nitrogens with zero attached hydrogens (tertiary/aromatic N) is 3. The Morgan fingerprint density at radius 2 is 1.82 bits per heavy atom. The highest BCUT2D eigenvalue weighted by Gasteiger charge is 2.33. The Morgan fingerprint density at radius 3 is 2.55 bits per heavy atom. The summed E-state index contributed by atoms with van der Waals surface area (Å²) in [6.45, 7) is 2.19. The van der Waals surface area contributed by atoms with E-state index in [0.717, 1.165) is 47.9 Å². The van der Waals surface area contributed by atoms with Gasteiger partial charge >= 0.3 is 0 Å². The number of benzene rings is 2. The normalized spacial score (nSPS) is 13.2. The molecular formula is C26H20Br2N4O. The summed E-state index contributed by atoms with van der Waals surface area (Å²) in [5.74, 6) is 0. The van der Waals surface area contributed by atoms with E-state index in [4.69, 9.17) is 0 Å². The molecule has 0 spiro atoms. The Balaban J connectivity index is 1.83. The molecule has 5 aromatic rings. The van der Waals surface area contributed by atoms with Gasteiger partial charge in [0.05, 0.1) is 17.3 Å². The van der Waals surface area contributed by atoms with Crippen LogP contribution < -0.4 is 5.56 Å². The number of aromatic nitrogens is 4. The number of hydrogen-bond acceptors (Lipinski definition) is 3. The van der Waals surface area contributed by atoms with E-state index in [1.54, 1.807) is 30.2 Å². The highest BCUT2D eigenvalue weighted by atomic mass is 79.9. The summed E-state index contributed by atoms with van der Waals surface area (Å²) in [7, 11) is 1.80. The van der Waals surface area contributed by atoms with Crippen molar-refractivity contribution >= 4 is 42.8 Å². The lowest BCUT2D eigenvalue weighted by Gasteiger charge is -2.30. The third-order valence-corrected chi connectivity index (χ3v) is 7.23. The molecule has 1 N–H and O–H groups in total. The number of fused-ring (bicyclic) bond motifs is 1. The third kappa shape index (κ3) is 3.75. The van der Waals surface area contributed by atoms with Crippen molar-refractivity contribution in [2.24, 2.45) is 7.05 Å². The quantitative estimate of drug-likeness (QED) is 0.265. The molecular weight excluding hydrogens is 544 g/mol. The van der Waals surface area contributed by atoms with Crippen LogP contribution in [0.4, 0.5) is 0 Å². The summed E-state index contributed by atoms with van der Waals surface area (Å²) >= 11 is 7.08. The standard InChI is InChI=1S/C26H20Br2N4O/c1-26(23-14-29-15-31-23,17-4-3-5-19(27)11-17)18-6-7-22-21(12-18)20(13-25(33)32(22)2)16-8-9-30-24(28)10-16/h3-15H,1-2H3,(H,29,31). The first-order valence-electron chi connectivity index (χ1n) is 10.4. The van der Waals surface area contributed by atoms with Crippen LogP contribution in [-0.4, -0.2) is 19.5 Å². The minimum absolute atomic E-state index is 0.0542. The number of hydrogen-bond donors (Lipinski definition) is 1. The van der Waals surface area contributed by atoms with Crippen LogP contribution in [0.3, 0.4) is 0 Å². The maximum atomic E-state index is 12.8. The average molecular weight is 564 g/mol. The van der Waals surface area contributed by atoms with Crippen molar-refractivity contribution < 1.29 is 0 Å². The third-order valence-electron chi connectivity index (χ3n) is 6.30.